The van der Waals surface area contributed by atoms with Crippen LogP contribution in [0.5, 0.6) is 0 Å². The van der Waals surface area contributed by atoms with E-state index in [0.717, 1.165) is 6.07 Å². The quantitative estimate of drug-likeness (QED) is 0.417. The molecule has 114 valence electrons. The van der Waals surface area contributed by atoms with Crippen molar-refractivity contribution in [2.24, 2.45) is 0 Å². The minimum Gasteiger partial charge on any atom is -0.298 e. The normalized spacial score (nSPS) is 10.7. The van der Waals surface area contributed by atoms with Gasteiger partial charge in [-0.25, -0.2) is 0 Å². The van der Waals surface area contributed by atoms with E-state index in [9.17, 15) is 19.7 Å². The van der Waals surface area contributed by atoms with E-state index < -0.39 is 10.8 Å². The van der Waals surface area contributed by atoms with Crippen LogP contribution in [0.1, 0.15) is 20.7 Å². The molecule has 3 rings (SSSR count). The number of aromatic nitrogens is 1. The first kappa shape index (κ1) is 14.9. The lowest BCUT2D eigenvalue weighted by Gasteiger charge is -2.06. The van der Waals surface area contributed by atoms with Crippen LogP contribution < -0.4 is 0 Å². The van der Waals surface area contributed by atoms with Gasteiger partial charge in [0.25, 0.3) is 11.6 Å². The molecule has 2 aromatic carbocycles. The Hall–Kier alpha value is -2.99. The number of carbonyl (C=O) groups is 2. The summed E-state index contributed by atoms with van der Waals surface area (Å²) in [5.41, 5.74) is 0.654. The van der Waals surface area contributed by atoms with Crippen molar-refractivity contribution in [1.29, 1.82) is 0 Å². The zero-order valence-electron chi connectivity index (χ0n) is 11.6. The van der Waals surface area contributed by atoms with Crippen molar-refractivity contribution < 1.29 is 14.5 Å². The molecule has 0 bridgehead atoms. The van der Waals surface area contributed by atoms with E-state index in [0.29, 0.717) is 22.8 Å². The predicted octanol–water partition coefficient (Wildman–Crippen LogP) is 3.70. The maximum absolute atomic E-state index is 12.7. The third-order valence-corrected chi connectivity index (χ3v) is 3.81. The number of benzene rings is 2. The van der Waals surface area contributed by atoms with Gasteiger partial charge < -0.3 is 0 Å². The first-order chi connectivity index (χ1) is 11.0. The second kappa shape index (κ2) is 5.66. The number of hydrogen-bond donors (Lipinski definition) is 0. The van der Waals surface area contributed by atoms with Crippen molar-refractivity contribution in [2.75, 3.05) is 0 Å². The first-order valence-corrected chi connectivity index (χ1v) is 6.94. The lowest BCUT2D eigenvalue weighted by atomic mass is 10.1. The summed E-state index contributed by atoms with van der Waals surface area (Å²) < 4.78 is 1.27. The Balaban J connectivity index is 2.20. The second-order valence-electron chi connectivity index (χ2n) is 4.82. The highest BCUT2D eigenvalue weighted by Gasteiger charge is 2.20. The lowest BCUT2D eigenvalue weighted by Crippen LogP contribution is -2.11. The van der Waals surface area contributed by atoms with Crippen molar-refractivity contribution in [3.63, 3.8) is 0 Å². The molecule has 0 N–H and O–H groups in total. The summed E-state index contributed by atoms with van der Waals surface area (Å²) in [4.78, 5) is 34.2. The number of non-ortho nitro benzene ring substituents is 1. The van der Waals surface area contributed by atoms with E-state index in [1.54, 1.807) is 24.3 Å². The molecule has 0 unspecified atom stereocenters. The summed E-state index contributed by atoms with van der Waals surface area (Å²) in [6, 6.07) is 10.5. The number of aldehydes is 1. The van der Waals surface area contributed by atoms with Gasteiger partial charge in [0.15, 0.2) is 6.29 Å². The second-order valence-corrected chi connectivity index (χ2v) is 5.22. The van der Waals surface area contributed by atoms with Crippen LogP contribution >= 0.6 is 11.6 Å². The minimum atomic E-state index is -0.599. The predicted molar refractivity (Wildman–Crippen MR) is 85.2 cm³/mol. The summed E-state index contributed by atoms with van der Waals surface area (Å²) in [6.45, 7) is 0. The third-order valence-electron chi connectivity index (χ3n) is 3.48. The number of rotatable bonds is 3. The standard InChI is InChI=1S/C16H9ClN2O4/c17-14-6-5-11(19(22)23)7-13(14)16(21)18-8-10(9-20)12-3-1-2-4-15(12)18/h1-9H. The molecule has 0 aliphatic carbocycles. The van der Waals surface area contributed by atoms with E-state index in [1.165, 1.54) is 22.9 Å². The van der Waals surface area contributed by atoms with Gasteiger partial charge in [-0.05, 0) is 12.1 Å². The molecule has 3 aromatic rings. The average Bonchev–Trinajstić information content (AvgIpc) is 2.93. The number of carbonyl (C=O) groups excluding carboxylic acids is 2. The van der Waals surface area contributed by atoms with E-state index >= 15 is 0 Å². The number of nitro benzene ring substituents is 1. The van der Waals surface area contributed by atoms with Crippen LogP contribution in [0.15, 0.2) is 48.7 Å². The number of nitrogens with zero attached hydrogens (tertiary/aromatic N) is 2. The molecule has 0 spiro atoms. The molecule has 0 saturated carbocycles. The van der Waals surface area contributed by atoms with E-state index in [1.807, 2.05) is 0 Å². The summed E-state index contributed by atoms with van der Waals surface area (Å²) in [7, 11) is 0. The van der Waals surface area contributed by atoms with E-state index in [2.05, 4.69) is 0 Å². The molecule has 0 radical (unpaired) electrons. The lowest BCUT2D eigenvalue weighted by molar-refractivity contribution is -0.384. The fourth-order valence-electron chi connectivity index (χ4n) is 2.39. The maximum atomic E-state index is 12.7. The van der Waals surface area contributed by atoms with Crippen molar-refractivity contribution in [2.45, 2.75) is 0 Å². The highest BCUT2D eigenvalue weighted by molar-refractivity contribution is 6.34. The van der Waals surface area contributed by atoms with Gasteiger partial charge in [0, 0.05) is 29.3 Å². The van der Waals surface area contributed by atoms with Gasteiger partial charge in [-0.1, -0.05) is 29.8 Å². The smallest absolute Gasteiger partial charge is 0.270 e. The van der Waals surface area contributed by atoms with E-state index in [4.69, 9.17) is 11.6 Å². The van der Waals surface area contributed by atoms with Gasteiger partial charge in [0.2, 0.25) is 0 Å². The van der Waals surface area contributed by atoms with E-state index in [-0.39, 0.29) is 16.3 Å². The third kappa shape index (κ3) is 2.49. The molecule has 0 atom stereocenters. The molecule has 1 heterocycles. The van der Waals surface area contributed by atoms with Crippen LogP contribution in [-0.4, -0.2) is 21.7 Å². The Morgan fingerprint density at radius 2 is 1.96 bits per heavy atom. The van der Waals surface area contributed by atoms with Crippen LogP contribution in [0.25, 0.3) is 10.9 Å². The summed E-state index contributed by atoms with van der Waals surface area (Å²) in [5, 5.41) is 11.6. The van der Waals surface area contributed by atoms with Crippen LogP contribution in [-0.2, 0) is 0 Å². The van der Waals surface area contributed by atoms with Crippen LogP contribution in [0, 0.1) is 10.1 Å². The van der Waals surface area contributed by atoms with Crippen LogP contribution in [0.4, 0.5) is 5.69 Å². The summed E-state index contributed by atoms with van der Waals surface area (Å²) >= 11 is 6.01. The molecule has 0 aliphatic rings. The molecule has 0 amide bonds. The highest BCUT2D eigenvalue weighted by atomic mass is 35.5. The molecule has 7 heteroatoms. The molecule has 23 heavy (non-hydrogen) atoms. The number of halogens is 1. The number of para-hydroxylation sites is 1. The SMILES string of the molecule is O=Cc1cn(C(=O)c2cc([N+](=O)[O-])ccc2Cl)c2ccccc12. The number of nitro groups is 1. The van der Waals surface area contributed by atoms with Gasteiger partial charge in [0.05, 0.1) is 21.0 Å². The van der Waals surface area contributed by atoms with Gasteiger partial charge in [0.1, 0.15) is 0 Å². The van der Waals surface area contributed by atoms with Crippen LogP contribution in [0.3, 0.4) is 0 Å². The Morgan fingerprint density at radius 1 is 1.22 bits per heavy atom. The number of hydrogen-bond acceptors (Lipinski definition) is 4. The van der Waals surface area contributed by atoms with Crippen molar-refractivity contribution in [3.05, 3.63) is 74.9 Å². The summed E-state index contributed by atoms with van der Waals surface area (Å²) in [5.74, 6) is -0.539. The van der Waals surface area contributed by atoms with Crippen molar-refractivity contribution >= 4 is 40.4 Å². The van der Waals surface area contributed by atoms with Crippen molar-refractivity contribution in [1.82, 2.24) is 4.57 Å². The number of fused-ring (bicyclic) bond motifs is 1. The molecule has 1 aromatic heterocycles. The molecule has 0 fully saturated rings. The fourth-order valence-corrected chi connectivity index (χ4v) is 2.59. The first-order valence-electron chi connectivity index (χ1n) is 6.57. The Labute approximate surface area is 135 Å². The monoisotopic (exact) mass is 328 g/mol. The summed E-state index contributed by atoms with van der Waals surface area (Å²) in [6.07, 6.45) is 2.05. The Bertz CT molecular complexity index is 962. The molecular weight excluding hydrogens is 320 g/mol. The van der Waals surface area contributed by atoms with Crippen molar-refractivity contribution in [3.8, 4) is 0 Å². The zero-order valence-corrected chi connectivity index (χ0v) is 12.4. The largest absolute Gasteiger partial charge is 0.298 e. The molecule has 0 saturated heterocycles. The van der Waals surface area contributed by atoms with Gasteiger partial charge in [-0.3, -0.25) is 24.3 Å². The van der Waals surface area contributed by atoms with Crippen LogP contribution in [0.2, 0.25) is 5.02 Å². The van der Waals surface area contributed by atoms with Gasteiger partial charge >= 0.3 is 0 Å². The fraction of sp³-hybridized carbons (Fsp3) is 0. The Kier molecular flexibility index (Phi) is 3.67. The topological polar surface area (TPSA) is 82.2 Å². The minimum absolute atomic E-state index is 0.000862. The molecule has 6 nitrogen and oxygen atoms in total. The average molecular weight is 329 g/mol. The molecular formula is C16H9ClN2O4. The highest BCUT2D eigenvalue weighted by Crippen LogP contribution is 2.26. The van der Waals surface area contributed by atoms with Gasteiger partial charge in [-0.15, -0.1) is 0 Å². The zero-order chi connectivity index (χ0) is 16.6. The Morgan fingerprint density at radius 3 is 2.65 bits per heavy atom. The molecule has 0 aliphatic heterocycles. The maximum Gasteiger partial charge on any atom is 0.270 e. The van der Waals surface area contributed by atoms with Gasteiger partial charge in [-0.2, -0.15) is 0 Å².